The smallest absolute Gasteiger partial charge is 0.433 e. The number of cyclic esters (lactones) is 1. The van der Waals surface area contributed by atoms with Gasteiger partial charge in [0, 0.05) is 32.2 Å². The van der Waals surface area contributed by atoms with Crippen molar-refractivity contribution in [2.45, 2.75) is 12.6 Å². The summed E-state index contributed by atoms with van der Waals surface area (Å²) in [4.78, 5) is 27.9. The number of benzene rings is 1. The molecule has 4 heterocycles. The summed E-state index contributed by atoms with van der Waals surface area (Å²) >= 11 is 0. The Hall–Kier alpha value is -4.13. The molecule has 0 radical (unpaired) electrons. The molecule has 0 bridgehead atoms. The first kappa shape index (κ1) is 22.7. The zero-order valence-corrected chi connectivity index (χ0v) is 18.5. The number of hydrogen-bond acceptors (Lipinski definition) is 10. The average Bonchev–Trinajstić information content (AvgIpc) is 3.60. The zero-order valence-electron chi connectivity index (χ0n) is 18.5. The third kappa shape index (κ3) is 5.04. The standard InChI is InChI=1S/C22H22FN5O7/c23-18-11-15(27-13-17(35-22(27)29)14-32-20-5-10-33-24-20)1-3-19(18)26-8-6-25(7-9-26)12-16-2-4-21(34-16)28(30)31/h1-5,10-11,17H,6-9,12-14H2/t17-/m1/s1. The van der Waals surface area contributed by atoms with E-state index in [-0.39, 0.29) is 19.0 Å². The highest BCUT2D eigenvalue weighted by Crippen LogP contribution is 2.29. The van der Waals surface area contributed by atoms with Crippen molar-refractivity contribution in [1.29, 1.82) is 0 Å². The highest BCUT2D eigenvalue weighted by molar-refractivity contribution is 5.90. The number of nitrogens with zero attached hydrogens (tertiary/aromatic N) is 5. The maximum Gasteiger partial charge on any atom is 0.433 e. The van der Waals surface area contributed by atoms with Gasteiger partial charge in [-0.05, 0) is 29.4 Å². The molecule has 2 fully saturated rings. The quantitative estimate of drug-likeness (QED) is 0.345. The minimum atomic E-state index is -0.572. The van der Waals surface area contributed by atoms with Crippen molar-refractivity contribution in [1.82, 2.24) is 10.1 Å². The van der Waals surface area contributed by atoms with Crippen molar-refractivity contribution in [2.24, 2.45) is 0 Å². The summed E-state index contributed by atoms with van der Waals surface area (Å²) in [6, 6.07) is 9.15. The van der Waals surface area contributed by atoms with Crippen LogP contribution in [0.1, 0.15) is 5.76 Å². The fourth-order valence-electron chi connectivity index (χ4n) is 4.11. The molecule has 2 aromatic heterocycles. The van der Waals surface area contributed by atoms with Gasteiger partial charge in [-0.25, -0.2) is 9.18 Å². The number of anilines is 2. The first-order chi connectivity index (χ1) is 17.0. The Labute approximate surface area is 198 Å². The Morgan fingerprint density at radius 2 is 2.00 bits per heavy atom. The van der Waals surface area contributed by atoms with Crippen LogP contribution in [0.3, 0.4) is 0 Å². The number of nitro groups is 1. The van der Waals surface area contributed by atoms with Crippen molar-refractivity contribution in [3.05, 3.63) is 64.4 Å². The summed E-state index contributed by atoms with van der Waals surface area (Å²) in [5, 5.41) is 14.4. The first-order valence-electron chi connectivity index (χ1n) is 11.0. The van der Waals surface area contributed by atoms with E-state index in [0.717, 1.165) is 0 Å². The Kier molecular flexibility index (Phi) is 6.23. The van der Waals surface area contributed by atoms with Gasteiger partial charge in [-0.3, -0.25) is 19.9 Å². The zero-order chi connectivity index (χ0) is 24.4. The second kappa shape index (κ2) is 9.62. The van der Waals surface area contributed by atoms with Crippen molar-refractivity contribution in [3.63, 3.8) is 0 Å². The second-order valence-corrected chi connectivity index (χ2v) is 8.16. The van der Waals surface area contributed by atoms with Gasteiger partial charge in [-0.1, -0.05) is 0 Å². The number of hydrogen-bond donors (Lipinski definition) is 0. The van der Waals surface area contributed by atoms with E-state index in [1.54, 1.807) is 24.3 Å². The van der Waals surface area contributed by atoms with E-state index in [4.69, 9.17) is 13.9 Å². The predicted molar refractivity (Wildman–Crippen MR) is 119 cm³/mol. The van der Waals surface area contributed by atoms with Crippen molar-refractivity contribution in [2.75, 3.05) is 49.1 Å². The molecule has 0 saturated carbocycles. The molecule has 12 nitrogen and oxygen atoms in total. The average molecular weight is 487 g/mol. The summed E-state index contributed by atoms with van der Waals surface area (Å²) in [5.41, 5.74) is 0.846. The first-order valence-corrected chi connectivity index (χ1v) is 11.0. The summed E-state index contributed by atoms with van der Waals surface area (Å²) in [7, 11) is 0. The number of carbonyl (C=O) groups is 1. The van der Waals surface area contributed by atoms with Gasteiger partial charge in [0.2, 0.25) is 0 Å². The molecular weight excluding hydrogens is 465 g/mol. The lowest BCUT2D eigenvalue weighted by atomic mass is 10.2. The molecule has 1 amide bonds. The monoisotopic (exact) mass is 487 g/mol. The van der Waals surface area contributed by atoms with E-state index in [1.807, 2.05) is 4.90 Å². The molecule has 13 heteroatoms. The molecule has 184 valence electrons. The SMILES string of the molecule is O=C1O[C@@H](COc2ccon2)CN1c1ccc(N2CCN(Cc3ccc([N+](=O)[O-])o3)CC2)c(F)c1. The van der Waals surface area contributed by atoms with Gasteiger partial charge in [0.25, 0.3) is 5.88 Å². The number of carbonyl (C=O) groups excluding carboxylic acids is 1. The highest BCUT2D eigenvalue weighted by atomic mass is 19.1. The molecule has 2 saturated heterocycles. The van der Waals surface area contributed by atoms with Crippen LogP contribution in [0.5, 0.6) is 5.88 Å². The van der Waals surface area contributed by atoms with E-state index in [0.29, 0.717) is 55.7 Å². The van der Waals surface area contributed by atoms with Gasteiger partial charge in [0.05, 0.1) is 30.5 Å². The van der Waals surface area contributed by atoms with Crippen LogP contribution in [-0.4, -0.2) is 66.5 Å². The highest BCUT2D eigenvalue weighted by Gasteiger charge is 2.33. The van der Waals surface area contributed by atoms with Crippen LogP contribution in [0.15, 0.2) is 51.6 Å². The summed E-state index contributed by atoms with van der Waals surface area (Å²) in [6.45, 7) is 3.20. The largest absolute Gasteiger partial charge is 0.471 e. The molecule has 0 unspecified atom stereocenters. The molecule has 1 aromatic carbocycles. The maximum atomic E-state index is 15.0. The molecule has 5 rings (SSSR count). The van der Waals surface area contributed by atoms with Gasteiger partial charge < -0.3 is 23.3 Å². The molecule has 0 N–H and O–H groups in total. The lowest BCUT2D eigenvalue weighted by Crippen LogP contribution is -2.46. The number of piperazine rings is 1. The normalized spacial score (nSPS) is 18.7. The molecule has 35 heavy (non-hydrogen) atoms. The Morgan fingerprint density at radius 1 is 1.17 bits per heavy atom. The summed E-state index contributed by atoms with van der Waals surface area (Å²) in [6.07, 6.45) is 0.280. The third-order valence-corrected chi connectivity index (χ3v) is 5.87. The van der Waals surface area contributed by atoms with Gasteiger partial charge in [0.15, 0.2) is 6.10 Å². The number of ether oxygens (including phenoxy) is 2. The van der Waals surface area contributed by atoms with Crippen molar-refractivity contribution in [3.8, 4) is 5.88 Å². The van der Waals surface area contributed by atoms with Crippen LogP contribution in [0.25, 0.3) is 0 Å². The molecule has 0 spiro atoms. The number of halogens is 1. The summed E-state index contributed by atoms with van der Waals surface area (Å²) in [5.74, 6) is 0.0904. The van der Waals surface area contributed by atoms with Crippen molar-refractivity contribution >= 4 is 23.4 Å². The van der Waals surface area contributed by atoms with Gasteiger partial charge >= 0.3 is 12.0 Å². The van der Waals surface area contributed by atoms with Crippen molar-refractivity contribution < 1.29 is 32.5 Å². The molecule has 3 aromatic rings. The van der Waals surface area contributed by atoms with Crippen LogP contribution < -0.4 is 14.5 Å². The van der Waals surface area contributed by atoms with E-state index < -0.39 is 22.9 Å². The minimum Gasteiger partial charge on any atom is -0.471 e. The summed E-state index contributed by atoms with van der Waals surface area (Å²) < 4.78 is 35.6. The van der Waals surface area contributed by atoms with E-state index >= 15 is 4.39 Å². The Balaban J connectivity index is 1.16. The molecule has 2 aliphatic heterocycles. The number of amides is 1. The molecule has 1 atom stereocenters. The van der Waals surface area contributed by atoms with Crippen LogP contribution in [0, 0.1) is 15.9 Å². The van der Waals surface area contributed by atoms with E-state index in [2.05, 4.69) is 14.6 Å². The fraction of sp³-hybridized carbons (Fsp3) is 0.364. The third-order valence-electron chi connectivity index (χ3n) is 5.87. The lowest BCUT2D eigenvalue weighted by Gasteiger charge is -2.36. The second-order valence-electron chi connectivity index (χ2n) is 8.16. The molecule has 0 aliphatic carbocycles. The van der Waals surface area contributed by atoms with E-state index in [9.17, 15) is 14.9 Å². The topological polar surface area (TPSA) is 128 Å². The van der Waals surface area contributed by atoms with Gasteiger partial charge in [-0.2, -0.15) is 0 Å². The predicted octanol–water partition coefficient (Wildman–Crippen LogP) is 3.04. The Bertz CT molecular complexity index is 1190. The molecular formula is C22H22FN5O7. The maximum absolute atomic E-state index is 15.0. The van der Waals surface area contributed by atoms with Crippen LogP contribution in [0.2, 0.25) is 0 Å². The minimum absolute atomic E-state index is 0.102. The van der Waals surface area contributed by atoms with Crippen LogP contribution in [0.4, 0.5) is 26.4 Å². The van der Waals surface area contributed by atoms with Gasteiger partial charge in [0.1, 0.15) is 29.4 Å². The number of aromatic nitrogens is 1. The molecule has 2 aliphatic rings. The fourth-order valence-corrected chi connectivity index (χ4v) is 4.11. The number of furan rings is 1. The van der Waals surface area contributed by atoms with E-state index in [1.165, 1.54) is 23.3 Å². The Morgan fingerprint density at radius 3 is 2.69 bits per heavy atom. The lowest BCUT2D eigenvalue weighted by molar-refractivity contribution is -0.402. The van der Waals surface area contributed by atoms with Gasteiger partial charge in [-0.15, -0.1) is 0 Å². The van der Waals surface area contributed by atoms with Crippen LogP contribution in [-0.2, 0) is 11.3 Å². The number of rotatable bonds is 8. The van der Waals surface area contributed by atoms with Crippen LogP contribution >= 0.6 is 0 Å².